The molecule has 0 radical (unpaired) electrons. The average Bonchev–Trinajstić information content (AvgIpc) is 2.74. The summed E-state index contributed by atoms with van der Waals surface area (Å²) in [6.45, 7) is 1.89. The fourth-order valence-electron chi connectivity index (χ4n) is 1.43. The summed E-state index contributed by atoms with van der Waals surface area (Å²) in [5.41, 5.74) is 5.62. The summed E-state index contributed by atoms with van der Waals surface area (Å²) in [5.74, 6) is 0. The van der Waals surface area contributed by atoms with E-state index in [0.29, 0.717) is 9.47 Å². The van der Waals surface area contributed by atoms with Gasteiger partial charge in [0.1, 0.15) is 0 Å². The molecule has 1 atom stereocenters. The highest BCUT2D eigenvalue weighted by Gasteiger charge is 2.30. The molecule has 0 aliphatic carbocycles. The molecule has 0 aliphatic rings. The maximum Gasteiger partial charge on any atom is 0.416 e. The molecule has 2 aromatic rings. The van der Waals surface area contributed by atoms with Gasteiger partial charge in [0.05, 0.1) is 5.56 Å². The lowest BCUT2D eigenvalue weighted by atomic mass is 10.1. The zero-order valence-electron chi connectivity index (χ0n) is 9.81. The van der Waals surface area contributed by atoms with Gasteiger partial charge in [0.25, 0.3) is 0 Å². The van der Waals surface area contributed by atoms with Gasteiger partial charge in [-0.2, -0.15) is 13.2 Å². The Morgan fingerprint density at radius 2 is 1.84 bits per heavy atom. The number of hydrogen-bond acceptors (Lipinski definition) is 5. The number of nitrogens with two attached hydrogens (primary N) is 1. The first-order valence-electron chi connectivity index (χ1n) is 5.29. The second kappa shape index (κ2) is 5.38. The van der Waals surface area contributed by atoms with Gasteiger partial charge in [-0.05, 0) is 24.6 Å². The van der Waals surface area contributed by atoms with Gasteiger partial charge in [0.15, 0.2) is 4.34 Å². The molecule has 0 amide bonds. The first-order valence-corrected chi connectivity index (χ1v) is 6.98. The summed E-state index contributed by atoms with van der Waals surface area (Å²) in [6, 6.07) is 5.12. The van der Waals surface area contributed by atoms with Crippen LogP contribution in [0.1, 0.15) is 23.3 Å². The second-order valence-electron chi connectivity index (χ2n) is 3.79. The quantitative estimate of drug-likeness (QED) is 0.871. The summed E-state index contributed by atoms with van der Waals surface area (Å²) >= 11 is 2.67. The fourth-order valence-corrected chi connectivity index (χ4v) is 3.34. The van der Waals surface area contributed by atoms with Gasteiger partial charge in [0, 0.05) is 5.25 Å². The highest BCUT2D eigenvalue weighted by molar-refractivity contribution is 8.01. The summed E-state index contributed by atoms with van der Waals surface area (Å²) < 4.78 is 38.0. The van der Waals surface area contributed by atoms with Crippen molar-refractivity contribution < 1.29 is 13.2 Å². The van der Waals surface area contributed by atoms with Crippen molar-refractivity contribution in [2.24, 2.45) is 0 Å². The largest absolute Gasteiger partial charge is 0.416 e. The van der Waals surface area contributed by atoms with E-state index >= 15 is 0 Å². The van der Waals surface area contributed by atoms with Crippen LogP contribution >= 0.6 is 23.1 Å². The molecule has 1 unspecified atom stereocenters. The van der Waals surface area contributed by atoms with Crippen LogP contribution in [-0.2, 0) is 6.18 Å². The molecular weight excluding hydrogens is 295 g/mol. The number of aromatic nitrogens is 2. The Morgan fingerprint density at radius 1 is 1.21 bits per heavy atom. The minimum absolute atomic E-state index is 0.0189. The van der Waals surface area contributed by atoms with Crippen LogP contribution in [0.2, 0.25) is 0 Å². The normalized spacial score (nSPS) is 13.5. The SMILES string of the molecule is CC(Sc1nnc(N)s1)c1ccc(C(F)(F)F)cc1. The first kappa shape index (κ1) is 14.1. The molecule has 0 aliphatic heterocycles. The summed E-state index contributed by atoms with van der Waals surface area (Å²) in [6.07, 6.45) is -4.30. The standard InChI is InChI=1S/C11H10F3N3S2/c1-6(18-10-17-16-9(15)19-10)7-2-4-8(5-3-7)11(12,13)14/h2-6H,1H3,(H2,15,16). The molecule has 3 nitrogen and oxygen atoms in total. The third-order valence-electron chi connectivity index (χ3n) is 2.41. The number of thioether (sulfide) groups is 1. The summed E-state index contributed by atoms with van der Waals surface area (Å²) in [5, 5.41) is 7.91. The van der Waals surface area contributed by atoms with Crippen LogP contribution < -0.4 is 5.73 Å². The lowest BCUT2D eigenvalue weighted by Gasteiger charge is -2.11. The van der Waals surface area contributed by atoms with Crippen molar-refractivity contribution in [1.29, 1.82) is 0 Å². The molecule has 1 heterocycles. The predicted molar refractivity (Wildman–Crippen MR) is 70.0 cm³/mol. The van der Waals surface area contributed by atoms with E-state index in [2.05, 4.69) is 10.2 Å². The number of nitrogens with zero attached hydrogens (tertiary/aromatic N) is 2. The Labute approximate surface area is 116 Å². The highest BCUT2D eigenvalue weighted by Crippen LogP contribution is 2.37. The molecule has 102 valence electrons. The van der Waals surface area contributed by atoms with Crippen molar-refractivity contribution in [1.82, 2.24) is 10.2 Å². The average molecular weight is 305 g/mol. The van der Waals surface area contributed by atoms with Crippen molar-refractivity contribution >= 4 is 28.2 Å². The monoisotopic (exact) mass is 305 g/mol. The van der Waals surface area contributed by atoms with E-state index in [9.17, 15) is 13.2 Å². The van der Waals surface area contributed by atoms with Crippen LogP contribution in [0.4, 0.5) is 18.3 Å². The molecule has 2 N–H and O–H groups in total. The minimum Gasteiger partial charge on any atom is -0.374 e. The Bertz CT molecular complexity index is 551. The number of anilines is 1. The number of halogens is 3. The lowest BCUT2D eigenvalue weighted by Crippen LogP contribution is -2.04. The molecule has 0 bridgehead atoms. The van der Waals surface area contributed by atoms with Gasteiger partial charge in [0.2, 0.25) is 5.13 Å². The molecule has 8 heteroatoms. The van der Waals surface area contributed by atoms with Crippen molar-refractivity contribution in [3.63, 3.8) is 0 Å². The van der Waals surface area contributed by atoms with Gasteiger partial charge in [-0.1, -0.05) is 35.2 Å². The minimum atomic E-state index is -4.30. The van der Waals surface area contributed by atoms with Gasteiger partial charge in [-0.3, -0.25) is 0 Å². The smallest absolute Gasteiger partial charge is 0.374 e. The Balaban J connectivity index is 2.09. The van der Waals surface area contributed by atoms with E-state index in [1.54, 1.807) is 0 Å². The molecule has 0 saturated heterocycles. The number of rotatable bonds is 3. The van der Waals surface area contributed by atoms with Gasteiger partial charge in [-0.15, -0.1) is 10.2 Å². The highest BCUT2D eigenvalue weighted by atomic mass is 32.2. The van der Waals surface area contributed by atoms with Gasteiger partial charge >= 0.3 is 6.18 Å². The van der Waals surface area contributed by atoms with Crippen molar-refractivity contribution in [3.05, 3.63) is 35.4 Å². The predicted octanol–water partition coefficient (Wildman–Crippen LogP) is 3.99. The number of hydrogen-bond donors (Lipinski definition) is 1. The van der Waals surface area contributed by atoms with Crippen LogP contribution in [0.3, 0.4) is 0 Å². The summed E-state index contributed by atoms with van der Waals surface area (Å²) in [7, 11) is 0. The van der Waals surface area contributed by atoms with Crippen LogP contribution in [0.5, 0.6) is 0 Å². The van der Waals surface area contributed by atoms with Crippen molar-refractivity contribution in [2.45, 2.75) is 22.7 Å². The Kier molecular flexibility index (Phi) is 4.00. The van der Waals surface area contributed by atoms with Crippen LogP contribution in [-0.4, -0.2) is 10.2 Å². The third kappa shape index (κ3) is 3.60. The fraction of sp³-hybridized carbons (Fsp3) is 0.273. The maximum atomic E-state index is 12.4. The number of alkyl halides is 3. The van der Waals surface area contributed by atoms with E-state index < -0.39 is 11.7 Å². The van der Waals surface area contributed by atoms with E-state index in [1.807, 2.05) is 6.92 Å². The molecule has 0 fully saturated rings. The van der Waals surface area contributed by atoms with E-state index in [4.69, 9.17) is 5.73 Å². The van der Waals surface area contributed by atoms with E-state index in [1.165, 1.54) is 35.2 Å². The summed E-state index contributed by atoms with van der Waals surface area (Å²) in [4.78, 5) is 0. The van der Waals surface area contributed by atoms with Crippen LogP contribution in [0.25, 0.3) is 0 Å². The molecule has 2 rings (SSSR count). The zero-order valence-corrected chi connectivity index (χ0v) is 11.4. The van der Waals surface area contributed by atoms with Gasteiger partial charge < -0.3 is 5.73 Å². The topological polar surface area (TPSA) is 51.8 Å². The molecule has 0 spiro atoms. The third-order valence-corrected chi connectivity index (χ3v) is 4.40. The molecular formula is C11H10F3N3S2. The van der Waals surface area contributed by atoms with Crippen molar-refractivity contribution in [3.8, 4) is 0 Å². The first-order chi connectivity index (χ1) is 8.86. The Hall–Kier alpha value is -1.28. The van der Waals surface area contributed by atoms with Gasteiger partial charge in [-0.25, -0.2) is 0 Å². The van der Waals surface area contributed by atoms with Crippen molar-refractivity contribution in [2.75, 3.05) is 5.73 Å². The lowest BCUT2D eigenvalue weighted by molar-refractivity contribution is -0.137. The second-order valence-corrected chi connectivity index (χ2v) is 6.38. The van der Waals surface area contributed by atoms with Crippen LogP contribution in [0.15, 0.2) is 28.6 Å². The molecule has 19 heavy (non-hydrogen) atoms. The van der Waals surface area contributed by atoms with E-state index in [-0.39, 0.29) is 5.25 Å². The molecule has 0 saturated carbocycles. The van der Waals surface area contributed by atoms with Crippen LogP contribution in [0, 0.1) is 0 Å². The maximum absolute atomic E-state index is 12.4. The van der Waals surface area contributed by atoms with E-state index in [0.717, 1.165) is 17.7 Å². The molecule has 1 aromatic carbocycles. The molecule has 1 aromatic heterocycles. The Morgan fingerprint density at radius 3 is 2.32 bits per heavy atom. The number of benzene rings is 1. The zero-order chi connectivity index (χ0) is 14.0. The number of nitrogen functional groups attached to an aromatic ring is 1.